The Morgan fingerprint density at radius 1 is 1.18 bits per heavy atom. The lowest BCUT2D eigenvalue weighted by Gasteiger charge is -2.36. The van der Waals surface area contributed by atoms with Gasteiger partial charge in [0.25, 0.3) is 0 Å². The molecule has 4 rings (SSSR count). The number of nitrogens with zero attached hydrogens (tertiary/aromatic N) is 3. The van der Waals surface area contributed by atoms with Crippen LogP contribution in [0.15, 0.2) is 70.2 Å². The van der Waals surface area contributed by atoms with Crippen LogP contribution < -0.4 is 11.4 Å². The van der Waals surface area contributed by atoms with E-state index < -0.39 is 11.5 Å². The molecule has 2 aromatic carbocycles. The molecule has 0 fully saturated rings. The number of hydrogen-bond donors (Lipinski definition) is 2. The van der Waals surface area contributed by atoms with Crippen molar-refractivity contribution in [1.82, 2.24) is 14.8 Å². The van der Waals surface area contributed by atoms with Crippen LogP contribution in [0, 0.1) is 11.8 Å². The smallest absolute Gasteiger partial charge is 0.328 e. The Morgan fingerprint density at radius 2 is 1.87 bits per heavy atom. The van der Waals surface area contributed by atoms with Gasteiger partial charge in [0.15, 0.2) is 0 Å². The normalized spacial score (nSPS) is 19.1. The first-order valence-electron chi connectivity index (χ1n) is 13.5. The average molecular weight is 514 g/mol. The van der Waals surface area contributed by atoms with Gasteiger partial charge in [-0.25, -0.2) is 9.48 Å². The van der Waals surface area contributed by atoms with Gasteiger partial charge < -0.3 is 5.73 Å². The van der Waals surface area contributed by atoms with Crippen LogP contribution in [0.25, 0.3) is 0 Å². The molecular weight excluding hydrogens is 474 g/mol. The van der Waals surface area contributed by atoms with Crippen LogP contribution in [-0.2, 0) is 24.8 Å². The first kappa shape index (κ1) is 27.5. The van der Waals surface area contributed by atoms with Crippen molar-refractivity contribution in [3.63, 3.8) is 0 Å². The highest BCUT2D eigenvalue weighted by molar-refractivity contribution is 5.56. The number of fused-ring (bicyclic) bond motifs is 2. The van der Waals surface area contributed by atoms with Crippen LogP contribution in [0.2, 0.25) is 0 Å². The van der Waals surface area contributed by atoms with E-state index in [9.17, 15) is 9.70 Å². The van der Waals surface area contributed by atoms with E-state index in [4.69, 9.17) is 10.8 Å². The summed E-state index contributed by atoms with van der Waals surface area (Å²) in [7, 11) is 0. The van der Waals surface area contributed by atoms with E-state index in [2.05, 4.69) is 60.4 Å². The molecule has 2 unspecified atom stereocenters. The number of nitrogens with two attached hydrogens (primary N) is 1. The molecule has 0 saturated heterocycles. The molecule has 1 aromatic heterocycles. The molecule has 3 aromatic rings. The molecule has 0 amide bonds. The van der Waals surface area contributed by atoms with E-state index in [-0.39, 0.29) is 11.7 Å². The van der Waals surface area contributed by atoms with Crippen molar-refractivity contribution in [2.45, 2.75) is 84.3 Å². The molecule has 0 saturated carbocycles. The highest BCUT2D eigenvalue weighted by Gasteiger charge is 2.44. The van der Waals surface area contributed by atoms with Crippen molar-refractivity contribution in [2.75, 3.05) is 0 Å². The number of aromatic amines is 1. The lowest BCUT2D eigenvalue weighted by Crippen LogP contribution is -2.38. The number of nitrogens with one attached hydrogen (secondary N) is 1. The van der Waals surface area contributed by atoms with Gasteiger partial charge >= 0.3 is 5.69 Å². The average Bonchev–Trinajstić information content (AvgIpc) is 3.20. The lowest BCUT2D eigenvalue weighted by atomic mass is 9.68. The highest BCUT2D eigenvalue weighted by atomic mass is 16.3. The molecular formula is C31H39N5O2. The fourth-order valence-corrected chi connectivity index (χ4v) is 5.77. The van der Waals surface area contributed by atoms with E-state index in [1.165, 1.54) is 15.8 Å². The van der Waals surface area contributed by atoms with E-state index in [1.54, 1.807) is 0 Å². The van der Waals surface area contributed by atoms with Gasteiger partial charge in [-0.1, -0.05) is 77.9 Å². The molecule has 3 N–H and O–H groups in total. The van der Waals surface area contributed by atoms with Crippen LogP contribution in [0.5, 0.6) is 0 Å². The molecule has 3 atom stereocenters. The Morgan fingerprint density at radius 3 is 2.53 bits per heavy atom. The minimum absolute atomic E-state index is 0.166. The Hall–Kier alpha value is -3.58. The maximum Gasteiger partial charge on any atom is 0.343 e. The minimum atomic E-state index is -0.744. The summed E-state index contributed by atoms with van der Waals surface area (Å²) in [5, 5.41) is 8.14. The van der Waals surface area contributed by atoms with Gasteiger partial charge in [0.05, 0.1) is 12.0 Å². The Kier molecular flexibility index (Phi) is 8.26. The Bertz CT molecular complexity index is 1430. The van der Waals surface area contributed by atoms with Gasteiger partial charge in [-0.2, -0.15) is 10.0 Å². The fourth-order valence-electron chi connectivity index (χ4n) is 5.77. The number of aryl methyl sites for hydroxylation is 3. The van der Waals surface area contributed by atoms with E-state index in [1.807, 2.05) is 39.0 Å². The summed E-state index contributed by atoms with van der Waals surface area (Å²) < 4.78 is 1.49. The number of allylic oxidation sites excluding steroid dienone is 4. The summed E-state index contributed by atoms with van der Waals surface area (Å²) in [6.07, 6.45) is 9.30. The van der Waals surface area contributed by atoms with E-state index >= 15 is 0 Å². The maximum absolute atomic E-state index is 13.2. The van der Waals surface area contributed by atoms with Gasteiger partial charge in [0.1, 0.15) is 11.9 Å². The van der Waals surface area contributed by atoms with Crippen molar-refractivity contribution < 1.29 is 0 Å². The fraction of sp³-hybridized carbons (Fsp3) is 0.419. The number of hydrogen-bond acceptors (Lipinski definition) is 5. The van der Waals surface area contributed by atoms with Crippen LogP contribution >= 0.6 is 0 Å². The molecule has 0 radical (unpaired) electrons. The van der Waals surface area contributed by atoms with Crippen molar-refractivity contribution in [2.24, 2.45) is 10.9 Å². The highest BCUT2D eigenvalue weighted by Crippen LogP contribution is 2.47. The quantitative estimate of drug-likeness (QED) is 0.279. The summed E-state index contributed by atoms with van der Waals surface area (Å²) in [6, 6.07) is 12.1. The van der Waals surface area contributed by atoms with Gasteiger partial charge in [-0.05, 0) is 81.2 Å². The van der Waals surface area contributed by atoms with Crippen LogP contribution in [-0.4, -0.2) is 20.8 Å². The summed E-state index contributed by atoms with van der Waals surface area (Å²) in [4.78, 5) is 27.6. The van der Waals surface area contributed by atoms with Crippen molar-refractivity contribution in [1.29, 1.82) is 0 Å². The largest absolute Gasteiger partial charge is 0.343 e. The van der Waals surface area contributed by atoms with E-state index in [0.29, 0.717) is 18.8 Å². The second kappa shape index (κ2) is 11.4. The Labute approximate surface area is 224 Å². The van der Waals surface area contributed by atoms with Crippen LogP contribution in [0.3, 0.4) is 0 Å². The molecule has 200 valence electrons. The zero-order valence-corrected chi connectivity index (χ0v) is 23.1. The maximum atomic E-state index is 13.2. The molecule has 38 heavy (non-hydrogen) atoms. The molecule has 0 spiro atoms. The first-order valence-corrected chi connectivity index (χ1v) is 13.5. The first-order chi connectivity index (χ1) is 18.2. The summed E-state index contributed by atoms with van der Waals surface area (Å²) >= 11 is 0. The molecule has 1 aliphatic carbocycles. The van der Waals surface area contributed by atoms with Crippen LogP contribution in [0.1, 0.15) is 85.8 Å². The number of H-pyrrole nitrogens is 1. The van der Waals surface area contributed by atoms with Gasteiger partial charge in [-0.15, -0.1) is 0 Å². The lowest BCUT2D eigenvalue weighted by molar-refractivity contribution is 0.470. The number of benzene rings is 2. The number of nitroso groups, excluding NO2 is 1. The predicted molar refractivity (Wildman–Crippen MR) is 153 cm³/mol. The second-order valence-corrected chi connectivity index (χ2v) is 10.7. The second-order valence-electron chi connectivity index (χ2n) is 10.7. The SMILES string of the molecule is CC/C=C(C)\C=C/Cn1nc(C2(C[C@H](C)N)c3ccc(C)cc3CCc3cc(C(C)N=O)ccc32)[nH]c1=O. The molecule has 1 heterocycles. The minimum Gasteiger partial charge on any atom is -0.328 e. The zero-order chi connectivity index (χ0) is 27.4. The van der Waals surface area contributed by atoms with Gasteiger partial charge in [0.2, 0.25) is 0 Å². The number of aromatic nitrogens is 3. The third kappa shape index (κ3) is 5.34. The summed E-state index contributed by atoms with van der Waals surface area (Å²) in [6.45, 7) is 10.4. The van der Waals surface area contributed by atoms with Crippen molar-refractivity contribution in [3.8, 4) is 0 Å². The molecule has 0 bridgehead atoms. The molecule has 1 aliphatic rings. The predicted octanol–water partition coefficient (Wildman–Crippen LogP) is 5.79. The monoisotopic (exact) mass is 513 g/mol. The molecule has 0 aliphatic heterocycles. The van der Waals surface area contributed by atoms with Crippen molar-refractivity contribution in [3.05, 3.63) is 115 Å². The third-order valence-corrected chi connectivity index (χ3v) is 7.51. The molecule has 7 nitrogen and oxygen atoms in total. The van der Waals surface area contributed by atoms with Crippen LogP contribution in [0.4, 0.5) is 0 Å². The molecule has 7 heteroatoms. The van der Waals surface area contributed by atoms with Gasteiger partial charge in [0, 0.05) is 6.04 Å². The standard InChI is InChI=1S/C31H39N5O2/c1-6-8-20(2)9-7-16-36-30(37)33-29(34-36)31(19-22(4)32)27-14-10-21(3)17-25(27)11-12-26-18-24(23(5)35-38)13-15-28(26)31/h7-10,13-15,17-18,22-23H,6,11-12,16,19,32H2,1-5H3,(H,33,34,37)/b9-7-,20-8-/t22-,23?,31?/m0/s1. The summed E-state index contributed by atoms with van der Waals surface area (Å²) in [5.74, 6) is 0.594. The topological polar surface area (TPSA) is 106 Å². The Balaban J connectivity index is 1.95. The van der Waals surface area contributed by atoms with Crippen molar-refractivity contribution >= 4 is 0 Å². The van der Waals surface area contributed by atoms with Gasteiger partial charge in [-0.3, -0.25) is 4.98 Å². The van der Waals surface area contributed by atoms with E-state index in [0.717, 1.165) is 47.1 Å². The zero-order valence-electron chi connectivity index (χ0n) is 23.1. The summed E-state index contributed by atoms with van der Waals surface area (Å²) in [5.41, 5.74) is 13.3. The third-order valence-electron chi connectivity index (χ3n) is 7.51. The number of rotatable bonds is 9.